The van der Waals surface area contributed by atoms with Gasteiger partial charge in [0.25, 0.3) is 16.8 Å². The van der Waals surface area contributed by atoms with Crippen LogP contribution in [0.5, 0.6) is 0 Å². The van der Waals surface area contributed by atoms with Crippen LogP contribution in [0.2, 0.25) is 0 Å². The predicted molar refractivity (Wildman–Crippen MR) is 123 cm³/mol. The average molecular weight is 418 g/mol. The van der Waals surface area contributed by atoms with Crippen molar-refractivity contribution in [1.29, 1.82) is 0 Å². The van der Waals surface area contributed by atoms with Gasteiger partial charge in [0, 0.05) is 30.9 Å². The van der Waals surface area contributed by atoms with Crippen molar-refractivity contribution in [3.8, 4) is 0 Å². The van der Waals surface area contributed by atoms with Gasteiger partial charge in [-0.25, -0.2) is 4.98 Å². The summed E-state index contributed by atoms with van der Waals surface area (Å²) < 4.78 is 0. The molecule has 1 aliphatic heterocycles. The third kappa shape index (κ3) is 4.50. The van der Waals surface area contributed by atoms with Gasteiger partial charge in [0.1, 0.15) is 17.2 Å². The standard InChI is InChI=1S/C24H26N4O3/c1-15-10-12-28(13-11-15)21-20(22(29)23(21)30)25-14-17-6-8-18(9-7-17)24(31)27-19-5-3-4-16(2)26-19/h3-9,15,25H,10-14H2,1-2H3,(H,26,27,31). The van der Waals surface area contributed by atoms with Crippen LogP contribution in [0.15, 0.2) is 52.1 Å². The van der Waals surface area contributed by atoms with Crippen LogP contribution in [0.4, 0.5) is 17.2 Å². The maximum absolute atomic E-state index is 12.4. The predicted octanol–water partition coefficient (Wildman–Crippen LogP) is 3.09. The van der Waals surface area contributed by atoms with Gasteiger partial charge in [-0.15, -0.1) is 0 Å². The minimum atomic E-state index is -0.449. The smallest absolute Gasteiger partial charge is 0.256 e. The van der Waals surface area contributed by atoms with Crippen LogP contribution in [0.3, 0.4) is 0 Å². The summed E-state index contributed by atoms with van der Waals surface area (Å²) in [5.74, 6) is 0.925. The summed E-state index contributed by atoms with van der Waals surface area (Å²) in [5, 5.41) is 5.91. The highest BCUT2D eigenvalue weighted by molar-refractivity contribution is 6.03. The minimum absolute atomic E-state index is 0.235. The summed E-state index contributed by atoms with van der Waals surface area (Å²) in [5.41, 5.74) is 2.35. The van der Waals surface area contributed by atoms with Gasteiger partial charge in [0.2, 0.25) is 0 Å². The largest absolute Gasteiger partial charge is 0.376 e. The molecule has 7 nitrogen and oxygen atoms in total. The SMILES string of the molecule is Cc1cccc(NC(=O)c2ccc(CNc3c(N4CCC(C)CC4)c(=O)c3=O)cc2)n1. The molecule has 31 heavy (non-hydrogen) atoms. The first-order chi connectivity index (χ1) is 14.9. The van der Waals surface area contributed by atoms with Crippen LogP contribution >= 0.6 is 0 Å². The molecular weight excluding hydrogens is 392 g/mol. The first-order valence-corrected chi connectivity index (χ1v) is 10.6. The topological polar surface area (TPSA) is 91.4 Å². The molecule has 3 aromatic rings. The zero-order valence-electron chi connectivity index (χ0n) is 17.8. The molecule has 0 radical (unpaired) electrons. The Morgan fingerprint density at radius 2 is 1.77 bits per heavy atom. The van der Waals surface area contributed by atoms with E-state index in [2.05, 4.69) is 22.5 Å². The summed E-state index contributed by atoms with van der Waals surface area (Å²) in [4.78, 5) is 42.9. The summed E-state index contributed by atoms with van der Waals surface area (Å²) in [7, 11) is 0. The van der Waals surface area contributed by atoms with Gasteiger partial charge < -0.3 is 15.5 Å². The summed E-state index contributed by atoms with van der Waals surface area (Å²) in [6, 6.07) is 12.6. The fraction of sp³-hybridized carbons (Fsp3) is 0.333. The second-order valence-corrected chi connectivity index (χ2v) is 8.22. The summed E-state index contributed by atoms with van der Waals surface area (Å²) in [6.07, 6.45) is 2.06. The Labute approximate surface area is 180 Å². The number of nitrogens with one attached hydrogen (secondary N) is 2. The number of anilines is 3. The van der Waals surface area contributed by atoms with E-state index in [0.29, 0.717) is 35.2 Å². The molecule has 1 fully saturated rings. The van der Waals surface area contributed by atoms with Gasteiger partial charge in [-0.1, -0.05) is 25.1 Å². The Morgan fingerprint density at radius 1 is 1.06 bits per heavy atom. The molecule has 0 aliphatic carbocycles. The number of rotatable bonds is 6. The van der Waals surface area contributed by atoms with Crippen LogP contribution in [-0.2, 0) is 6.54 Å². The van der Waals surface area contributed by atoms with Crippen molar-refractivity contribution < 1.29 is 4.79 Å². The Bertz CT molecular complexity index is 1150. The number of pyridine rings is 1. The van der Waals surface area contributed by atoms with Crippen molar-refractivity contribution in [3.05, 3.63) is 79.7 Å². The van der Waals surface area contributed by atoms with Gasteiger partial charge >= 0.3 is 0 Å². The number of amides is 1. The number of nitrogens with zero attached hydrogens (tertiary/aromatic N) is 2. The highest BCUT2D eigenvalue weighted by atomic mass is 16.2. The number of hydrogen-bond donors (Lipinski definition) is 2. The third-order valence-electron chi connectivity index (χ3n) is 5.80. The molecule has 0 atom stereocenters. The van der Waals surface area contributed by atoms with Crippen molar-refractivity contribution in [2.24, 2.45) is 5.92 Å². The molecule has 0 spiro atoms. The highest BCUT2D eigenvalue weighted by Gasteiger charge is 2.28. The fourth-order valence-corrected chi connectivity index (χ4v) is 3.84. The first kappa shape index (κ1) is 20.8. The van der Waals surface area contributed by atoms with Gasteiger partial charge in [0.05, 0.1) is 0 Å². The number of aryl methyl sites for hydroxylation is 1. The number of aromatic nitrogens is 1. The van der Waals surface area contributed by atoms with E-state index in [4.69, 9.17) is 0 Å². The van der Waals surface area contributed by atoms with Gasteiger partial charge in [0.15, 0.2) is 0 Å². The summed E-state index contributed by atoms with van der Waals surface area (Å²) in [6.45, 7) is 6.09. The van der Waals surface area contributed by atoms with E-state index in [9.17, 15) is 14.4 Å². The second kappa shape index (κ2) is 8.71. The lowest BCUT2D eigenvalue weighted by Gasteiger charge is -2.33. The second-order valence-electron chi connectivity index (χ2n) is 8.22. The van der Waals surface area contributed by atoms with E-state index in [-0.39, 0.29) is 5.91 Å². The molecule has 7 heteroatoms. The lowest BCUT2D eigenvalue weighted by Crippen LogP contribution is -2.45. The lowest BCUT2D eigenvalue weighted by atomic mass is 9.98. The fourth-order valence-electron chi connectivity index (χ4n) is 3.84. The highest BCUT2D eigenvalue weighted by Crippen LogP contribution is 2.26. The average Bonchev–Trinajstić information content (AvgIpc) is 2.77. The lowest BCUT2D eigenvalue weighted by molar-refractivity contribution is 0.102. The molecule has 2 aromatic carbocycles. The zero-order chi connectivity index (χ0) is 22.0. The van der Waals surface area contributed by atoms with Gasteiger partial charge in [-0.2, -0.15) is 0 Å². The molecule has 1 aliphatic rings. The van der Waals surface area contributed by atoms with E-state index < -0.39 is 10.9 Å². The number of piperidine rings is 1. The minimum Gasteiger partial charge on any atom is -0.376 e. The molecule has 0 bridgehead atoms. The van der Waals surface area contributed by atoms with E-state index in [1.165, 1.54) is 0 Å². The van der Waals surface area contributed by atoms with E-state index in [1.807, 2.05) is 36.1 Å². The maximum atomic E-state index is 12.4. The molecule has 2 N–H and O–H groups in total. The summed E-state index contributed by atoms with van der Waals surface area (Å²) >= 11 is 0. The first-order valence-electron chi connectivity index (χ1n) is 10.6. The Balaban J connectivity index is 1.38. The molecule has 1 saturated heterocycles. The van der Waals surface area contributed by atoms with Crippen molar-refractivity contribution >= 4 is 23.1 Å². The molecule has 160 valence electrons. The monoisotopic (exact) mass is 418 g/mol. The van der Waals surface area contributed by atoms with Crippen LogP contribution in [-0.4, -0.2) is 24.0 Å². The molecule has 1 amide bonds. The molecule has 4 rings (SSSR count). The van der Waals surface area contributed by atoms with Crippen LogP contribution in [0.1, 0.15) is 41.4 Å². The van der Waals surface area contributed by atoms with Crippen molar-refractivity contribution in [2.75, 3.05) is 28.6 Å². The Hall–Kier alpha value is -3.48. The Morgan fingerprint density at radius 3 is 2.45 bits per heavy atom. The van der Waals surface area contributed by atoms with Crippen LogP contribution < -0.4 is 26.4 Å². The number of carbonyl (C=O) groups is 1. The van der Waals surface area contributed by atoms with Gasteiger partial charge in [-0.3, -0.25) is 14.4 Å². The number of benzene rings is 1. The van der Waals surface area contributed by atoms with Crippen molar-refractivity contribution in [3.63, 3.8) is 0 Å². The zero-order valence-corrected chi connectivity index (χ0v) is 17.8. The number of hydrogen-bond acceptors (Lipinski definition) is 6. The molecule has 0 saturated carbocycles. The van der Waals surface area contributed by atoms with E-state index in [0.717, 1.165) is 37.2 Å². The van der Waals surface area contributed by atoms with E-state index >= 15 is 0 Å². The number of carbonyl (C=O) groups excluding carboxylic acids is 1. The third-order valence-corrected chi connectivity index (χ3v) is 5.80. The molecule has 2 heterocycles. The normalized spacial score (nSPS) is 14.6. The maximum Gasteiger partial charge on any atom is 0.256 e. The van der Waals surface area contributed by atoms with E-state index in [1.54, 1.807) is 18.2 Å². The quantitative estimate of drug-likeness (QED) is 0.598. The van der Waals surface area contributed by atoms with Crippen molar-refractivity contribution in [1.82, 2.24) is 4.98 Å². The molecule has 0 unspecified atom stereocenters. The van der Waals surface area contributed by atoms with Gasteiger partial charge in [-0.05, 0) is 55.5 Å². The Kier molecular flexibility index (Phi) is 5.84. The van der Waals surface area contributed by atoms with Crippen LogP contribution in [0, 0.1) is 12.8 Å². The molecule has 1 aromatic heterocycles. The van der Waals surface area contributed by atoms with Crippen molar-refractivity contribution in [2.45, 2.75) is 33.2 Å². The molecular formula is C24H26N4O3. The van der Waals surface area contributed by atoms with Crippen LogP contribution in [0.25, 0.3) is 0 Å².